The number of benzene rings is 7. The van der Waals surface area contributed by atoms with Crippen molar-refractivity contribution in [3.63, 3.8) is 0 Å². The van der Waals surface area contributed by atoms with Crippen molar-refractivity contribution >= 4 is 130 Å². The van der Waals surface area contributed by atoms with Crippen molar-refractivity contribution in [3.8, 4) is 11.1 Å². The number of furan rings is 3. The third-order valence-corrected chi connectivity index (χ3v) is 14.1. The number of hydrogen-bond acceptors (Lipinski definition) is 4. The zero-order chi connectivity index (χ0) is 42.0. The fraction of sp³-hybridized carbons (Fsp3) is 0.0385. The van der Waals surface area contributed by atoms with Crippen LogP contribution in [-0.4, -0.2) is 59.2 Å². The first-order valence-corrected chi connectivity index (χ1v) is 21.7. The molecule has 0 bridgehead atoms. The highest BCUT2D eigenvalue weighted by atomic mass is 16.3. The van der Waals surface area contributed by atoms with Crippen LogP contribution in [0.4, 0.5) is 5.69 Å². The molecule has 0 saturated carbocycles. The molecule has 3 heterocycles. The van der Waals surface area contributed by atoms with Crippen LogP contribution in [0.2, 0.25) is 0 Å². The number of fused-ring (bicyclic) bond motifs is 9. The summed E-state index contributed by atoms with van der Waals surface area (Å²) in [5, 5.41) is 6.91. The van der Waals surface area contributed by atoms with Crippen LogP contribution in [0.15, 0.2) is 198 Å². The molecule has 2 aliphatic carbocycles. The zero-order valence-electron chi connectivity index (χ0n) is 35.8. The van der Waals surface area contributed by atoms with Gasteiger partial charge in [0.2, 0.25) is 0 Å². The lowest BCUT2D eigenvalue weighted by Gasteiger charge is -2.41. The number of rotatable bonds is 6. The van der Waals surface area contributed by atoms with E-state index in [1.54, 1.807) is 0 Å². The molecule has 2 atom stereocenters. The highest BCUT2D eigenvalue weighted by Crippen LogP contribution is 2.49. The van der Waals surface area contributed by atoms with Crippen molar-refractivity contribution in [3.05, 3.63) is 196 Å². The van der Waals surface area contributed by atoms with Crippen molar-refractivity contribution in [1.29, 1.82) is 0 Å². The quantitative estimate of drug-likeness (QED) is 0.162. The van der Waals surface area contributed by atoms with Gasteiger partial charge in [-0.3, -0.25) is 0 Å². The normalized spacial score (nSPS) is 17.2. The molecular formula is C52H39B6NO3. The smallest absolute Gasteiger partial charge is 0.143 e. The van der Waals surface area contributed by atoms with Crippen LogP contribution < -0.4 is 4.90 Å². The van der Waals surface area contributed by atoms with Gasteiger partial charge in [0, 0.05) is 43.6 Å². The van der Waals surface area contributed by atoms with Crippen molar-refractivity contribution in [1.82, 2.24) is 0 Å². The Labute approximate surface area is 365 Å². The first-order valence-electron chi connectivity index (χ1n) is 21.7. The van der Waals surface area contributed by atoms with E-state index in [1.165, 1.54) is 71.6 Å². The number of para-hydroxylation sites is 4. The SMILES string of the molecule is BC1=C(B)C(N(c2ccc(-c3cccc4c3oc3ccccc34)cc2)C2C(B)=C(B)C(c3cccc4oc5ccccc5c34)=C2B)C(B)=C1c1cccc2oc3ccccc3c12. The van der Waals surface area contributed by atoms with Gasteiger partial charge >= 0.3 is 0 Å². The van der Waals surface area contributed by atoms with Crippen LogP contribution in [0.1, 0.15) is 11.1 Å². The summed E-state index contributed by atoms with van der Waals surface area (Å²) < 4.78 is 19.4. The highest BCUT2D eigenvalue weighted by Gasteiger charge is 2.40. The summed E-state index contributed by atoms with van der Waals surface area (Å²) in [7, 11) is 14.0. The molecule has 4 nitrogen and oxygen atoms in total. The van der Waals surface area contributed by atoms with Gasteiger partial charge in [-0.05, 0) is 70.3 Å². The summed E-state index contributed by atoms with van der Waals surface area (Å²) in [4.78, 5) is 2.70. The number of allylic oxidation sites excluding steroid dienone is 4. The van der Waals surface area contributed by atoms with Gasteiger partial charge in [0.05, 0.1) is 12.1 Å². The minimum absolute atomic E-state index is 0.00401. The summed E-state index contributed by atoms with van der Waals surface area (Å²) >= 11 is 0. The van der Waals surface area contributed by atoms with E-state index in [-0.39, 0.29) is 12.1 Å². The first kappa shape index (κ1) is 36.9. The molecule has 0 N–H and O–H groups in total. The Balaban J connectivity index is 1.06. The van der Waals surface area contributed by atoms with Gasteiger partial charge < -0.3 is 18.2 Å². The Kier molecular flexibility index (Phi) is 8.22. The molecule has 10 heteroatoms. The van der Waals surface area contributed by atoms with Gasteiger partial charge in [0.25, 0.3) is 0 Å². The van der Waals surface area contributed by atoms with Crippen molar-refractivity contribution in [2.45, 2.75) is 12.1 Å². The van der Waals surface area contributed by atoms with Crippen molar-refractivity contribution in [2.24, 2.45) is 0 Å². The molecule has 0 spiro atoms. The van der Waals surface area contributed by atoms with Crippen LogP contribution in [0, 0.1) is 0 Å². The van der Waals surface area contributed by atoms with E-state index in [4.69, 9.17) is 13.3 Å². The third kappa shape index (κ3) is 5.22. The second-order valence-electron chi connectivity index (χ2n) is 17.3. The van der Waals surface area contributed by atoms with Gasteiger partial charge in [-0.1, -0.05) is 142 Å². The Morgan fingerprint density at radius 3 is 1.31 bits per heavy atom. The van der Waals surface area contributed by atoms with Crippen molar-refractivity contribution in [2.75, 3.05) is 4.90 Å². The second kappa shape index (κ2) is 13.8. The van der Waals surface area contributed by atoms with Crippen LogP contribution in [0.5, 0.6) is 0 Å². The van der Waals surface area contributed by atoms with E-state index in [0.717, 1.165) is 66.2 Å². The van der Waals surface area contributed by atoms with E-state index in [2.05, 4.69) is 198 Å². The fourth-order valence-corrected chi connectivity index (χ4v) is 11.2. The summed E-state index contributed by atoms with van der Waals surface area (Å²) in [5.41, 5.74) is 21.9. The summed E-state index contributed by atoms with van der Waals surface area (Å²) in [6.07, 6.45) is 0. The molecule has 0 radical (unpaired) electrons. The van der Waals surface area contributed by atoms with Gasteiger partial charge in [-0.2, -0.15) is 0 Å². The lowest BCUT2D eigenvalue weighted by Crippen LogP contribution is -2.47. The number of nitrogens with zero attached hydrogens (tertiary/aromatic N) is 1. The summed E-state index contributed by atoms with van der Waals surface area (Å²) in [6.45, 7) is 0. The fourth-order valence-electron chi connectivity index (χ4n) is 11.2. The Morgan fingerprint density at radius 2 is 0.774 bits per heavy atom. The summed E-state index contributed by atoms with van der Waals surface area (Å²) in [6, 6.07) is 53.9. The maximum absolute atomic E-state index is 6.52. The van der Waals surface area contributed by atoms with Gasteiger partial charge in [-0.15, -0.1) is 0 Å². The van der Waals surface area contributed by atoms with Crippen LogP contribution in [0.25, 0.3) is 88.1 Å². The maximum atomic E-state index is 6.52. The van der Waals surface area contributed by atoms with Gasteiger partial charge in [0.1, 0.15) is 80.6 Å². The minimum atomic E-state index is -0.00401. The molecule has 0 fully saturated rings. The van der Waals surface area contributed by atoms with Gasteiger partial charge in [0.15, 0.2) is 0 Å². The molecule has 3 aromatic heterocycles. The molecular weight excluding hydrogens is 751 g/mol. The topological polar surface area (TPSA) is 42.7 Å². The lowest BCUT2D eigenvalue weighted by atomic mass is 9.73. The molecule has 2 aliphatic rings. The predicted octanol–water partition coefficient (Wildman–Crippen LogP) is 7.67. The van der Waals surface area contributed by atoms with Crippen molar-refractivity contribution < 1.29 is 13.3 Å². The lowest BCUT2D eigenvalue weighted by molar-refractivity contribution is 0.668. The maximum Gasteiger partial charge on any atom is 0.143 e. The first-order chi connectivity index (χ1) is 30.3. The van der Waals surface area contributed by atoms with E-state index < -0.39 is 0 Å². The molecule has 288 valence electrons. The Morgan fingerprint density at radius 1 is 0.355 bits per heavy atom. The monoisotopic (exact) mass is 791 g/mol. The minimum Gasteiger partial charge on any atom is -0.456 e. The second-order valence-corrected chi connectivity index (χ2v) is 17.3. The molecule has 0 aliphatic heterocycles. The molecule has 10 aromatic rings. The number of hydrogen-bond donors (Lipinski definition) is 0. The zero-order valence-corrected chi connectivity index (χ0v) is 35.8. The van der Waals surface area contributed by atoms with Gasteiger partial charge in [-0.25, -0.2) is 0 Å². The van der Waals surface area contributed by atoms with E-state index in [1.807, 2.05) is 6.07 Å². The average molecular weight is 791 g/mol. The molecule has 12 rings (SSSR count). The predicted molar refractivity (Wildman–Crippen MR) is 276 cm³/mol. The Bertz CT molecular complexity index is 3520. The third-order valence-electron chi connectivity index (χ3n) is 14.1. The molecule has 2 unspecified atom stereocenters. The molecule has 7 aromatic carbocycles. The average Bonchev–Trinajstić information content (AvgIpc) is 4.08. The standard InChI is InChI=1S/C52H39B6NO3/c53-44-42(33-15-8-20-38-40(33)31-11-2-5-18-36(31)60-38)46(55)50(48(44)57)59(27-24-22-26(23-25-27)28-13-7-14-30-29-10-1-4-17-35(29)62-52(28)30)51-47(56)43(45(54)49(51)58)34-16-9-21-39-41(34)32-12-3-6-19-37(32)61-39/h1-25,50-51H,53-58H2. The van der Waals surface area contributed by atoms with Crippen LogP contribution in [0.3, 0.4) is 0 Å². The van der Waals surface area contributed by atoms with E-state index >= 15 is 0 Å². The Hall–Kier alpha value is -6.91. The largest absolute Gasteiger partial charge is 0.456 e. The molecule has 62 heavy (non-hydrogen) atoms. The van der Waals surface area contributed by atoms with E-state index in [9.17, 15) is 0 Å². The molecule has 0 amide bonds. The number of anilines is 1. The van der Waals surface area contributed by atoms with E-state index in [0.29, 0.717) is 0 Å². The highest BCUT2D eigenvalue weighted by molar-refractivity contribution is 6.47. The summed E-state index contributed by atoms with van der Waals surface area (Å²) in [5.74, 6) is 0. The van der Waals surface area contributed by atoms with Crippen LogP contribution >= 0.6 is 0 Å². The molecule has 0 saturated heterocycles. The van der Waals surface area contributed by atoms with Crippen LogP contribution in [-0.2, 0) is 0 Å².